The lowest BCUT2D eigenvalue weighted by molar-refractivity contribution is 0.772. The number of allylic oxidation sites excluding steroid dienone is 1. The van der Waals surface area contributed by atoms with Crippen molar-refractivity contribution in [3.8, 4) is 0 Å². The van der Waals surface area contributed by atoms with Gasteiger partial charge in [-0.25, -0.2) is 0 Å². The SMILES string of the molecule is O=c1nc2n(c3ccccc13)CC/C2=C\c1ccc(Br)cc1. The van der Waals surface area contributed by atoms with Gasteiger partial charge in [0.05, 0.1) is 10.9 Å². The molecule has 0 saturated carbocycles. The number of hydrogen-bond donors (Lipinski definition) is 0. The maximum atomic E-state index is 12.2. The molecule has 1 aliphatic rings. The quantitative estimate of drug-likeness (QED) is 0.660. The van der Waals surface area contributed by atoms with E-state index in [-0.39, 0.29) is 5.56 Å². The summed E-state index contributed by atoms with van der Waals surface area (Å²) in [5.74, 6) is 0.798. The van der Waals surface area contributed by atoms with Gasteiger partial charge in [-0.1, -0.05) is 40.2 Å². The number of nitrogens with zero attached hydrogens (tertiary/aromatic N) is 2. The van der Waals surface area contributed by atoms with Gasteiger partial charge in [-0.05, 0) is 47.9 Å². The predicted molar refractivity (Wildman–Crippen MR) is 92.6 cm³/mol. The molecular formula is C18H13BrN2O. The van der Waals surface area contributed by atoms with Crippen LogP contribution in [0.2, 0.25) is 0 Å². The minimum absolute atomic E-state index is 0.148. The van der Waals surface area contributed by atoms with Gasteiger partial charge in [0.15, 0.2) is 0 Å². The number of aryl methyl sites for hydroxylation is 1. The average Bonchev–Trinajstić information content (AvgIpc) is 2.93. The lowest BCUT2D eigenvalue weighted by Gasteiger charge is -2.07. The third-order valence-corrected chi connectivity index (χ3v) is 4.52. The Morgan fingerprint density at radius 1 is 1.09 bits per heavy atom. The van der Waals surface area contributed by atoms with E-state index in [1.54, 1.807) is 0 Å². The summed E-state index contributed by atoms with van der Waals surface area (Å²) in [6, 6.07) is 15.8. The van der Waals surface area contributed by atoms with Gasteiger partial charge >= 0.3 is 0 Å². The highest BCUT2D eigenvalue weighted by molar-refractivity contribution is 9.10. The number of para-hydroxylation sites is 1. The highest BCUT2D eigenvalue weighted by Crippen LogP contribution is 2.29. The maximum absolute atomic E-state index is 12.2. The molecule has 22 heavy (non-hydrogen) atoms. The molecule has 0 fully saturated rings. The Morgan fingerprint density at radius 2 is 1.86 bits per heavy atom. The summed E-state index contributed by atoms with van der Waals surface area (Å²) in [5.41, 5.74) is 3.06. The Morgan fingerprint density at radius 3 is 2.68 bits per heavy atom. The average molecular weight is 353 g/mol. The molecule has 4 rings (SSSR count). The van der Waals surface area contributed by atoms with E-state index in [2.05, 4.69) is 43.7 Å². The molecule has 0 aliphatic carbocycles. The molecule has 1 aromatic heterocycles. The lowest BCUT2D eigenvalue weighted by Crippen LogP contribution is -2.14. The molecule has 0 N–H and O–H groups in total. The van der Waals surface area contributed by atoms with Crippen LogP contribution in [0.1, 0.15) is 17.8 Å². The summed E-state index contributed by atoms with van der Waals surface area (Å²) < 4.78 is 3.20. The fraction of sp³-hybridized carbons (Fsp3) is 0.111. The molecule has 0 amide bonds. The number of halogens is 1. The van der Waals surface area contributed by atoms with E-state index in [9.17, 15) is 4.79 Å². The number of fused-ring (bicyclic) bond motifs is 3. The topological polar surface area (TPSA) is 34.9 Å². The number of benzene rings is 2. The number of aromatic nitrogens is 2. The first kappa shape index (κ1) is 13.5. The molecule has 0 saturated heterocycles. The highest BCUT2D eigenvalue weighted by atomic mass is 79.9. The Hall–Kier alpha value is -2.20. The molecule has 2 aromatic carbocycles. The molecule has 4 heteroatoms. The second-order valence-corrected chi connectivity index (χ2v) is 6.30. The van der Waals surface area contributed by atoms with Crippen LogP contribution in [0.4, 0.5) is 0 Å². The first-order chi connectivity index (χ1) is 10.7. The molecule has 0 bridgehead atoms. The van der Waals surface area contributed by atoms with Crippen LogP contribution in [0.25, 0.3) is 22.6 Å². The van der Waals surface area contributed by atoms with Crippen LogP contribution in [-0.4, -0.2) is 9.55 Å². The number of hydrogen-bond acceptors (Lipinski definition) is 2. The first-order valence-corrected chi connectivity index (χ1v) is 7.98. The Kier molecular flexibility index (Phi) is 3.19. The Balaban J connectivity index is 1.89. The summed E-state index contributed by atoms with van der Waals surface area (Å²) in [5, 5.41) is 0.691. The lowest BCUT2D eigenvalue weighted by atomic mass is 10.1. The van der Waals surface area contributed by atoms with E-state index < -0.39 is 0 Å². The molecule has 0 radical (unpaired) electrons. The van der Waals surface area contributed by atoms with Crippen molar-refractivity contribution in [3.63, 3.8) is 0 Å². The highest BCUT2D eigenvalue weighted by Gasteiger charge is 2.20. The minimum Gasteiger partial charge on any atom is -0.325 e. The summed E-state index contributed by atoms with van der Waals surface area (Å²) in [7, 11) is 0. The van der Waals surface area contributed by atoms with Gasteiger partial charge in [0.2, 0.25) is 0 Å². The summed E-state index contributed by atoms with van der Waals surface area (Å²) in [6.45, 7) is 0.867. The standard InChI is InChI=1S/C18H13BrN2O/c19-14-7-5-12(6-8-14)11-13-9-10-21-16-4-2-1-3-15(16)18(22)20-17(13)21/h1-8,11H,9-10H2/b13-11+. The van der Waals surface area contributed by atoms with E-state index >= 15 is 0 Å². The van der Waals surface area contributed by atoms with Gasteiger partial charge in [-0.2, -0.15) is 4.98 Å². The van der Waals surface area contributed by atoms with Crippen molar-refractivity contribution in [1.29, 1.82) is 0 Å². The second kappa shape index (κ2) is 5.21. The number of rotatable bonds is 1. The predicted octanol–water partition coefficient (Wildman–Crippen LogP) is 4.10. The van der Waals surface area contributed by atoms with E-state index in [1.165, 1.54) is 0 Å². The van der Waals surface area contributed by atoms with E-state index in [1.807, 2.05) is 36.4 Å². The van der Waals surface area contributed by atoms with Gasteiger partial charge in [0, 0.05) is 11.0 Å². The fourth-order valence-electron chi connectivity index (χ4n) is 2.93. The molecule has 1 aliphatic heterocycles. The van der Waals surface area contributed by atoms with Crippen molar-refractivity contribution in [1.82, 2.24) is 9.55 Å². The zero-order valence-electron chi connectivity index (χ0n) is 11.8. The molecule has 2 heterocycles. The normalized spacial score (nSPS) is 15.4. The van der Waals surface area contributed by atoms with Crippen molar-refractivity contribution in [2.75, 3.05) is 0 Å². The Bertz CT molecular complexity index is 955. The third-order valence-electron chi connectivity index (χ3n) is 3.99. The van der Waals surface area contributed by atoms with Gasteiger partial charge in [0.1, 0.15) is 5.82 Å². The summed E-state index contributed by atoms with van der Waals surface area (Å²) >= 11 is 3.44. The van der Waals surface area contributed by atoms with Crippen molar-refractivity contribution in [3.05, 3.63) is 74.7 Å². The zero-order valence-corrected chi connectivity index (χ0v) is 13.4. The maximum Gasteiger partial charge on any atom is 0.281 e. The monoisotopic (exact) mass is 352 g/mol. The van der Waals surface area contributed by atoms with Crippen LogP contribution in [0.15, 0.2) is 57.8 Å². The van der Waals surface area contributed by atoms with Crippen LogP contribution in [0.5, 0.6) is 0 Å². The van der Waals surface area contributed by atoms with E-state index in [4.69, 9.17) is 0 Å². The van der Waals surface area contributed by atoms with Crippen LogP contribution < -0.4 is 5.56 Å². The summed E-state index contributed by atoms with van der Waals surface area (Å²) in [6.07, 6.45) is 3.02. The second-order valence-electron chi connectivity index (χ2n) is 5.38. The Labute approximate surface area is 136 Å². The van der Waals surface area contributed by atoms with Crippen LogP contribution in [-0.2, 0) is 6.54 Å². The smallest absolute Gasteiger partial charge is 0.281 e. The van der Waals surface area contributed by atoms with Crippen molar-refractivity contribution in [2.45, 2.75) is 13.0 Å². The molecule has 3 aromatic rings. The van der Waals surface area contributed by atoms with Gasteiger partial charge in [-0.3, -0.25) is 4.79 Å². The first-order valence-electron chi connectivity index (χ1n) is 7.18. The minimum atomic E-state index is -0.148. The molecule has 0 atom stereocenters. The van der Waals surface area contributed by atoms with Gasteiger partial charge in [-0.15, -0.1) is 0 Å². The molecule has 3 nitrogen and oxygen atoms in total. The van der Waals surface area contributed by atoms with Crippen molar-refractivity contribution < 1.29 is 0 Å². The van der Waals surface area contributed by atoms with Crippen LogP contribution in [0.3, 0.4) is 0 Å². The van der Waals surface area contributed by atoms with Crippen molar-refractivity contribution >= 4 is 38.5 Å². The van der Waals surface area contributed by atoms with Crippen molar-refractivity contribution in [2.24, 2.45) is 0 Å². The van der Waals surface area contributed by atoms with Crippen LogP contribution >= 0.6 is 15.9 Å². The van der Waals surface area contributed by atoms with Gasteiger partial charge in [0.25, 0.3) is 5.56 Å². The zero-order chi connectivity index (χ0) is 15.1. The molecule has 0 unspecified atom stereocenters. The van der Waals surface area contributed by atoms with E-state index in [0.717, 1.165) is 39.9 Å². The van der Waals surface area contributed by atoms with Gasteiger partial charge < -0.3 is 4.57 Å². The largest absolute Gasteiger partial charge is 0.325 e. The molecule has 0 spiro atoms. The third kappa shape index (κ3) is 2.20. The molecule has 108 valence electrons. The van der Waals surface area contributed by atoms with E-state index in [0.29, 0.717) is 5.39 Å². The fourth-order valence-corrected chi connectivity index (χ4v) is 3.20. The summed E-state index contributed by atoms with van der Waals surface area (Å²) in [4.78, 5) is 16.5. The van der Waals surface area contributed by atoms with Crippen LogP contribution in [0, 0.1) is 0 Å². The molecular weight excluding hydrogens is 340 g/mol.